The fourth-order valence-electron chi connectivity index (χ4n) is 2.03. The van der Waals surface area contributed by atoms with Crippen LogP contribution in [0.15, 0.2) is 67.0 Å². The number of amides is 1. The van der Waals surface area contributed by atoms with E-state index in [4.69, 9.17) is 5.26 Å². The highest BCUT2D eigenvalue weighted by Gasteiger charge is 2.08. The van der Waals surface area contributed by atoms with Gasteiger partial charge in [-0.25, -0.2) is 9.97 Å². The minimum atomic E-state index is -0.337. The van der Waals surface area contributed by atoms with Crippen LogP contribution in [0, 0.1) is 11.3 Å². The quantitative estimate of drug-likeness (QED) is 0.770. The summed E-state index contributed by atoms with van der Waals surface area (Å²) in [5.41, 5.74) is 2.22. The molecule has 24 heavy (non-hydrogen) atoms. The van der Waals surface area contributed by atoms with Crippen LogP contribution in [0.3, 0.4) is 0 Å². The summed E-state index contributed by atoms with van der Waals surface area (Å²) in [5, 5.41) is 14.6. The lowest BCUT2D eigenvalue weighted by molar-refractivity contribution is 0.102. The number of benzene rings is 2. The zero-order chi connectivity index (χ0) is 16.8. The van der Waals surface area contributed by atoms with Crippen molar-refractivity contribution in [3.8, 4) is 6.07 Å². The Morgan fingerprint density at radius 2 is 1.67 bits per heavy atom. The van der Waals surface area contributed by atoms with Crippen molar-refractivity contribution >= 4 is 23.2 Å². The molecule has 1 amide bonds. The van der Waals surface area contributed by atoms with Gasteiger partial charge in [0.2, 0.25) is 5.95 Å². The third kappa shape index (κ3) is 3.72. The van der Waals surface area contributed by atoms with Crippen LogP contribution in [0.2, 0.25) is 0 Å². The van der Waals surface area contributed by atoms with E-state index in [1.165, 1.54) is 12.4 Å². The van der Waals surface area contributed by atoms with Crippen LogP contribution in [-0.4, -0.2) is 15.9 Å². The highest BCUT2D eigenvalue weighted by molar-refractivity contribution is 6.04. The van der Waals surface area contributed by atoms with Gasteiger partial charge in [0, 0.05) is 23.8 Å². The van der Waals surface area contributed by atoms with E-state index in [9.17, 15) is 4.79 Å². The first kappa shape index (κ1) is 15.2. The molecular formula is C18H13N5O. The number of hydrogen-bond acceptors (Lipinski definition) is 5. The highest BCUT2D eigenvalue weighted by atomic mass is 16.1. The van der Waals surface area contributed by atoms with Crippen LogP contribution in [0.25, 0.3) is 0 Å². The van der Waals surface area contributed by atoms with E-state index >= 15 is 0 Å². The molecule has 0 unspecified atom stereocenters. The van der Waals surface area contributed by atoms with Crippen molar-refractivity contribution in [3.63, 3.8) is 0 Å². The second-order valence-corrected chi connectivity index (χ2v) is 4.93. The van der Waals surface area contributed by atoms with Gasteiger partial charge < -0.3 is 10.6 Å². The summed E-state index contributed by atoms with van der Waals surface area (Å²) in [6, 6.07) is 18.2. The number of nitrogens with zero attached hydrogens (tertiary/aromatic N) is 3. The van der Waals surface area contributed by atoms with Gasteiger partial charge in [0.15, 0.2) is 0 Å². The molecule has 1 aromatic heterocycles. The summed E-state index contributed by atoms with van der Waals surface area (Å²) < 4.78 is 0. The van der Waals surface area contributed by atoms with Crippen molar-refractivity contribution in [1.29, 1.82) is 5.26 Å². The molecule has 0 saturated carbocycles. The number of hydrogen-bond donors (Lipinski definition) is 2. The molecule has 3 rings (SSSR count). The molecule has 0 fully saturated rings. The molecular weight excluding hydrogens is 302 g/mol. The van der Waals surface area contributed by atoms with E-state index in [1.54, 1.807) is 24.3 Å². The Morgan fingerprint density at radius 3 is 2.38 bits per heavy atom. The lowest BCUT2D eigenvalue weighted by atomic mass is 10.2. The Bertz CT molecular complexity index is 885. The lowest BCUT2D eigenvalue weighted by Gasteiger charge is -2.07. The molecule has 1 heterocycles. The molecule has 0 atom stereocenters. The predicted molar refractivity (Wildman–Crippen MR) is 90.9 cm³/mol. The maximum atomic E-state index is 12.2. The van der Waals surface area contributed by atoms with Gasteiger partial charge >= 0.3 is 0 Å². The largest absolute Gasteiger partial charge is 0.324 e. The van der Waals surface area contributed by atoms with E-state index < -0.39 is 0 Å². The van der Waals surface area contributed by atoms with Crippen molar-refractivity contribution in [1.82, 2.24) is 9.97 Å². The third-order valence-electron chi connectivity index (χ3n) is 3.19. The number of para-hydroxylation sites is 1. The summed E-state index contributed by atoms with van der Waals surface area (Å²) >= 11 is 0. The number of carbonyl (C=O) groups excluding carboxylic acids is 1. The number of aromatic nitrogens is 2. The molecule has 2 N–H and O–H groups in total. The molecule has 116 valence electrons. The van der Waals surface area contributed by atoms with Crippen LogP contribution < -0.4 is 10.6 Å². The molecule has 6 nitrogen and oxygen atoms in total. The number of carbonyl (C=O) groups is 1. The summed E-state index contributed by atoms with van der Waals surface area (Å²) in [7, 11) is 0. The fourth-order valence-corrected chi connectivity index (χ4v) is 2.03. The maximum absolute atomic E-state index is 12.2. The molecule has 0 aliphatic rings. The maximum Gasteiger partial charge on any atom is 0.258 e. The fraction of sp³-hybridized carbons (Fsp3) is 0. The first-order valence-electron chi connectivity index (χ1n) is 7.20. The van der Waals surface area contributed by atoms with Crippen molar-refractivity contribution in [2.75, 3.05) is 10.6 Å². The molecule has 6 heteroatoms. The molecule has 0 spiro atoms. The number of rotatable bonds is 4. The highest BCUT2D eigenvalue weighted by Crippen LogP contribution is 2.13. The van der Waals surface area contributed by atoms with Gasteiger partial charge in [0.1, 0.15) is 0 Å². The van der Waals surface area contributed by atoms with Gasteiger partial charge in [-0.05, 0) is 30.3 Å². The van der Waals surface area contributed by atoms with Gasteiger partial charge in [0.05, 0.1) is 17.2 Å². The minimum Gasteiger partial charge on any atom is -0.324 e. The topological polar surface area (TPSA) is 90.7 Å². The predicted octanol–water partition coefficient (Wildman–Crippen LogP) is 3.34. The SMILES string of the molecule is N#Cc1cccc(NC(=O)c2cnc(Nc3ccccc3)nc2)c1. The lowest BCUT2D eigenvalue weighted by Crippen LogP contribution is -2.13. The molecule has 3 aromatic rings. The Hall–Kier alpha value is -3.72. The van der Waals surface area contributed by atoms with E-state index in [0.717, 1.165) is 5.69 Å². The average Bonchev–Trinajstić information content (AvgIpc) is 2.63. The molecule has 0 aliphatic carbocycles. The molecule has 0 bridgehead atoms. The van der Waals surface area contributed by atoms with E-state index in [2.05, 4.69) is 20.6 Å². The first-order chi connectivity index (χ1) is 11.7. The van der Waals surface area contributed by atoms with Gasteiger partial charge in [0.25, 0.3) is 5.91 Å². The van der Waals surface area contributed by atoms with Crippen LogP contribution >= 0.6 is 0 Å². The first-order valence-corrected chi connectivity index (χ1v) is 7.20. The zero-order valence-corrected chi connectivity index (χ0v) is 12.6. The van der Waals surface area contributed by atoms with Crippen LogP contribution in [0.1, 0.15) is 15.9 Å². The van der Waals surface area contributed by atoms with Crippen molar-refractivity contribution in [2.24, 2.45) is 0 Å². The Morgan fingerprint density at radius 1 is 0.958 bits per heavy atom. The van der Waals surface area contributed by atoms with E-state index in [1.807, 2.05) is 36.4 Å². The number of nitrogens with one attached hydrogen (secondary N) is 2. The summed E-state index contributed by atoms with van der Waals surface area (Å²) in [6.45, 7) is 0. The second kappa shape index (κ2) is 7.03. The van der Waals surface area contributed by atoms with Crippen molar-refractivity contribution in [2.45, 2.75) is 0 Å². The standard InChI is InChI=1S/C18H13N5O/c19-10-13-5-4-8-16(9-13)22-17(24)14-11-20-18(21-12-14)23-15-6-2-1-3-7-15/h1-9,11-12H,(H,22,24)(H,20,21,23). The van der Waals surface area contributed by atoms with Crippen molar-refractivity contribution in [3.05, 3.63) is 78.1 Å². The van der Waals surface area contributed by atoms with Crippen LogP contribution in [0.5, 0.6) is 0 Å². The normalized spacial score (nSPS) is 9.79. The molecule has 2 aromatic carbocycles. The summed E-state index contributed by atoms with van der Waals surface area (Å²) in [5.74, 6) is 0.0700. The second-order valence-electron chi connectivity index (χ2n) is 4.93. The van der Waals surface area contributed by atoms with Gasteiger partial charge in [-0.3, -0.25) is 4.79 Å². The van der Waals surface area contributed by atoms with Gasteiger partial charge in [-0.2, -0.15) is 5.26 Å². The van der Waals surface area contributed by atoms with Gasteiger partial charge in [-0.1, -0.05) is 24.3 Å². The number of anilines is 3. The summed E-state index contributed by atoms with van der Waals surface area (Å²) in [6.07, 6.45) is 2.89. The molecule has 0 radical (unpaired) electrons. The van der Waals surface area contributed by atoms with Gasteiger partial charge in [-0.15, -0.1) is 0 Å². The average molecular weight is 315 g/mol. The minimum absolute atomic E-state index is 0.330. The zero-order valence-electron chi connectivity index (χ0n) is 12.6. The Labute approximate surface area is 138 Å². The smallest absolute Gasteiger partial charge is 0.258 e. The molecule has 0 aliphatic heterocycles. The van der Waals surface area contributed by atoms with E-state index in [0.29, 0.717) is 22.8 Å². The molecule has 0 saturated heterocycles. The van der Waals surface area contributed by atoms with Crippen LogP contribution in [-0.2, 0) is 0 Å². The number of nitriles is 1. The Kier molecular flexibility index (Phi) is 4.45. The van der Waals surface area contributed by atoms with Crippen LogP contribution in [0.4, 0.5) is 17.3 Å². The monoisotopic (exact) mass is 315 g/mol. The Balaban J connectivity index is 1.68. The van der Waals surface area contributed by atoms with Crippen molar-refractivity contribution < 1.29 is 4.79 Å². The third-order valence-corrected chi connectivity index (χ3v) is 3.19. The summed E-state index contributed by atoms with van der Waals surface area (Å²) in [4.78, 5) is 20.5. The van der Waals surface area contributed by atoms with E-state index in [-0.39, 0.29) is 5.91 Å².